The lowest BCUT2D eigenvalue weighted by molar-refractivity contribution is -0.159. The SMILES string of the molecule is C=CCN(Cc1ccccc1)C(=O)C1N([C@@H](CO)[C@@H](C)CC)C(=O)[C@@H]2[C@H](C(=O)N(CC=C)Cc3ccccc3)[C@@]3(C)OC12CC3C. The van der Waals surface area contributed by atoms with Crippen molar-refractivity contribution in [1.82, 2.24) is 14.7 Å². The van der Waals surface area contributed by atoms with Gasteiger partial charge in [-0.2, -0.15) is 0 Å². The van der Waals surface area contributed by atoms with E-state index in [0.717, 1.165) is 11.1 Å². The number of hydrogen-bond donors (Lipinski definition) is 1. The number of benzene rings is 2. The normalized spacial score (nSPS) is 29.2. The fraction of sp³-hybridized carbons (Fsp3) is 0.500. The third-order valence-corrected chi connectivity index (χ3v) is 10.9. The van der Waals surface area contributed by atoms with Crippen LogP contribution in [0.1, 0.15) is 51.7 Å². The zero-order chi connectivity index (χ0) is 33.2. The number of ether oxygens (including phenoxy) is 1. The molecule has 5 rings (SSSR count). The minimum atomic E-state index is -1.22. The molecule has 8 atom stereocenters. The average Bonchev–Trinajstić information content (AvgIpc) is 3.57. The van der Waals surface area contributed by atoms with Crippen molar-refractivity contribution in [3.05, 3.63) is 97.1 Å². The molecule has 1 spiro atoms. The van der Waals surface area contributed by atoms with Gasteiger partial charge in [-0.1, -0.05) is 100 Å². The Balaban J connectivity index is 1.61. The molecule has 0 aromatic heterocycles. The van der Waals surface area contributed by atoms with E-state index in [0.29, 0.717) is 32.5 Å². The van der Waals surface area contributed by atoms with E-state index in [-0.39, 0.29) is 42.7 Å². The van der Waals surface area contributed by atoms with Gasteiger partial charge in [0.2, 0.25) is 17.7 Å². The average molecular weight is 628 g/mol. The first-order valence-corrected chi connectivity index (χ1v) is 16.6. The molecule has 1 N–H and O–H groups in total. The number of likely N-dealkylation sites (tertiary alicyclic amines) is 1. The molecule has 3 heterocycles. The number of nitrogens with zero attached hydrogens (tertiary/aromatic N) is 3. The first-order valence-electron chi connectivity index (χ1n) is 16.6. The number of fused-ring (bicyclic) bond motifs is 1. The predicted molar refractivity (Wildman–Crippen MR) is 178 cm³/mol. The van der Waals surface area contributed by atoms with Crippen molar-refractivity contribution < 1.29 is 24.2 Å². The Bertz CT molecular complexity index is 1430. The Labute approximate surface area is 273 Å². The van der Waals surface area contributed by atoms with Crippen LogP contribution in [-0.4, -0.2) is 80.5 Å². The molecular formula is C38H49N3O5. The van der Waals surface area contributed by atoms with E-state index in [1.54, 1.807) is 26.9 Å². The van der Waals surface area contributed by atoms with Gasteiger partial charge in [-0.3, -0.25) is 14.4 Å². The third kappa shape index (κ3) is 5.60. The molecule has 2 aromatic carbocycles. The van der Waals surface area contributed by atoms with Crippen molar-refractivity contribution >= 4 is 17.7 Å². The molecule has 3 aliphatic rings. The third-order valence-electron chi connectivity index (χ3n) is 10.9. The molecule has 46 heavy (non-hydrogen) atoms. The van der Waals surface area contributed by atoms with Crippen molar-refractivity contribution in [2.24, 2.45) is 23.7 Å². The minimum Gasteiger partial charge on any atom is -0.394 e. The Hall–Kier alpha value is -3.75. The lowest BCUT2D eigenvalue weighted by atomic mass is 9.62. The van der Waals surface area contributed by atoms with Crippen LogP contribution >= 0.6 is 0 Å². The zero-order valence-electron chi connectivity index (χ0n) is 27.7. The Kier molecular flexibility index (Phi) is 9.89. The molecule has 3 unspecified atom stereocenters. The highest BCUT2D eigenvalue weighted by atomic mass is 16.5. The molecule has 0 saturated carbocycles. The molecule has 8 nitrogen and oxygen atoms in total. The van der Waals surface area contributed by atoms with Crippen LogP contribution in [0, 0.1) is 23.7 Å². The summed E-state index contributed by atoms with van der Waals surface area (Å²) in [5.74, 6) is -2.56. The highest BCUT2D eigenvalue weighted by Gasteiger charge is 2.80. The maximum absolute atomic E-state index is 14.9. The van der Waals surface area contributed by atoms with Crippen molar-refractivity contribution in [3.8, 4) is 0 Å². The van der Waals surface area contributed by atoms with Gasteiger partial charge in [-0.25, -0.2) is 0 Å². The highest BCUT2D eigenvalue weighted by molar-refractivity contribution is 5.99. The summed E-state index contributed by atoms with van der Waals surface area (Å²) in [7, 11) is 0. The van der Waals surface area contributed by atoms with Gasteiger partial charge in [0.05, 0.1) is 30.1 Å². The lowest BCUT2D eigenvalue weighted by Gasteiger charge is -2.41. The quantitative estimate of drug-likeness (QED) is 0.303. The molecule has 0 aliphatic carbocycles. The maximum Gasteiger partial charge on any atom is 0.249 e. The number of carbonyl (C=O) groups is 3. The maximum atomic E-state index is 14.9. The summed E-state index contributed by atoms with van der Waals surface area (Å²) in [5.41, 5.74) is -0.243. The summed E-state index contributed by atoms with van der Waals surface area (Å²) < 4.78 is 7.03. The molecule has 2 bridgehead atoms. The molecule has 8 heteroatoms. The molecule has 3 amide bonds. The molecular weight excluding hydrogens is 578 g/mol. The van der Waals surface area contributed by atoms with E-state index in [1.165, 1.54) is 0 Å². The highest BCUT2D eigenvalue weighted by Crippen LogP contribution is 2.66. The van der Waals surface area contributed by atoms with Gasteiger partial charge < -0.3 is 24.5 Å². The van der Waals surface area contributed by atoms with Crippen LogP contribution in [0.3, 0.4) is 0 Å². The fourth-order valence-electron chi connectivity index (χ4n) is 8.26. The number of aliphatic hydroxyl groups is 1. The summed E-state index contributed by atoms with van der Waals surface area (Å²) in [6, 6.07) is 17.9. The van der Waals surface area contributed by atoms with Gasteiger partial charge in [0.1, 0.15) is 11.6 Å². The van der Waals surface area contributed by atoms with Gasteiger partial charge >= 0.3 is 0 Å². The van der Waals surface area contributed by atoms with Crippen molar-refractivity contribution in [2.75, 3.05) is 19.7 Å². The van der Waals surface area contributed by atoms with Crippen LogP contribution in [0.4, 0.5) is 0 Å². The standard InChI is InChI=1S/C38H49N3O5/c1-7-20-39(23-28-16-12-10-13-17-28)34(43)31-32-35(44)41(30(25-42)26(4)9-3)33(38(32)22-27(5)37(31,6)46-38)36(45)40(21-8-2)24-29-18-14-11-15-19-29/h7-8,10-19,26-27,30-33,42H,1-2,9,20-25H2,3-6H3/t26-,27?,30-,31+,32-,33?,37-,38?/m0/s1. The van der Waals surface area contributed by atoms with E-state index in [2.05, 4.69) is 20.1 Å². The van der Waals surface area contributed by atoms with Crippen molar-refractivity contribution in [3.63, 3.8) is 0 Å². The number of rotatable bonds is 14. The number of carbonyl (C=O) groups excluding carboxylic acids is 3. The van der Waals surface area contributed by atoms with E-state index >= 15 is 0 Å². The molecule has 3 fully saturated rings. The predicted octanol–water partition coefficient (Wildman–Crippen LogP) is 4.83. The summed E-state index contributed by atoms with van der Waals surface area (Å²) in [4.78, 5) is 49.6. The minimum absolute atomic E-state index is 0.0869. The van der Waals surface area contributed by atoms with Crippen LogP contribution in [0.15, 0.2) is 86.0 Å². The number of amides is 3. The Morgan fingerprint density at radius 2 is 1.52 bits per heavy atom. The second kappa shape index (κ2) is 13.5. The summed E-state index contributed by atoms with van der Waals surface area (Å²) in [6.45, 7) is 16.8. The monoisotopic (exact) mass is 627 g/mol. The summed E-state index contributed by atoms with van der Waals surface area (Å²) >= 11 is 0. The molecule has 246 valence electrons. The Morgan fingerprint density at radius 3 is 2.00 bits per heavy atom. The molecule has 3 saturated heterocycles. The molecule has 2 aromatic rings. The van der Waals surface area contributed by atoms with E-state index < -0.39 is 35.1 Å². The number of aliphatic hydroxyl groups excluding tert-OH is 1. The second-order valence-corrected chi connectivity index (χ2v) is 13.6. The first kappa shape index (κ1) is 33.6. The molecule has 0 radical (unpaired) electrons. The van der Waals surface area contributed by atoms with Gasteiger partial charge in [-0.15, -0.1) is 13.2 Å². The lowest BCUT2D eigenvalue weighted by Crippen LogP contribution is -2.59. The summed E-state index contributed by atoms with van der Waals surface area (Å²) in [5, 5.41) is 10.8. The largest absolute Gasteiger partial charge is 0.394 e. The fourth-order valence-corrected chi connectivity index (χ4v) is 8.26. The Morgan fingerprint density at radius 1 is 1.00 bits per heavy atom. The van der Waals surface area contributed by atoms with E-state index in [1.807, 2.05) is 81.4 Å². The van der Waals surface area contributed by atoms with Crippen LogP contribution in [0.25, 0.3) is 0 Å². The van der Waals surface area contributed by atoms with E-state index in [9.17, 15) is 19.5 Å². The van der Waals surface area contributed by atoms with E-state index in [4.69, 9.17) is 4.74 Å². The second-order valence-electron chi connectivity index (χ2n) is 13.6. The van der Waals surface area contributed by atoms with Gasteiger partial charge in [0.25, 0.3) is 0 Å². The zero-order valence-corrected chi connectivity index (χ0v) is 27.7. The van der Waals surface area contributed by atoms with Crippen LogP contribution in [0.2, 0.25) is 0 Å². The van der Waals surface area contributed by atoms with Crippen molar-refractivity contribution in [2.45, 2.75) is 76.9 Å². The van der Waals surface area contributed by atoms with Gasteiger partial charge in [0, 0.05) is 26.2 Å². The topological polar surface area (TPSA) is 90.4 Å². The smallest absolute Gasteiger partial charge is 0.249 e. The number of hydrogen-bond acceptors (Lipinski definition) is 5. The van der Waals surface area contributed by atoms with Crippen molar-refractivity contribution in [1.29, 1.82) is 0 Å². The van der Waals surface area contributed by atoms with Crippen LogP contribution in [-0.2, 0) is 32.2 Å². The van der Waals surface area contributed by atoms with Crippen LogP contribution < -0.4 is 0 Å². The van der Waals surface area contributed by atoms with Gasteiger partial charge in [-0.05, 0) is 36.3 Å². The van der Waals surface area contributed by atoms with Crippen LogP contribution in [0.5, 0.6) is 0 Å². The molecule has 3 aliphatic heterocycles. The van der Waals surface area contributed by atoms with Gasteiger partial charge in [0.15, 0.2) is 0 Å². The first-order chi connectivity index (χ1) is 22.1. The summed E-state index contributed by atoms with van der Waals surface area (Å²) in [6.07, 6.45) is 4.56.